The summed E-state index contributed by atoms with van der Waals surface area (Å²) in [6.45, 7) is 7.03. The molecule has 0 bridgehead atoms. The summed E-state index contributed by atoms with van der Waals surface area (Å²) < 4.78 is 87.4. The smallest absolute Gasteiger partial charge is 0.416 e. The zero-order valence-electron chi connectivity index (χ0n) is 18.2. The third-order valence-electron chi connectivity index (χ3n) is 5.47. The first-order valence-electron chi connectivity index (χ1n) is 10.2. The van der Waals surface area contributed by atoms with Gasteiger partial charge in [0.2, 0.25) is 0 Å². The van der Waals surface area contributed by atoms with E-state index in [1.807, 2.05) is 13.8 Å². The summed E-state index contributed by atoms with van der Waals surface area (Å²) in [4.78, 5) is 14.5. The predicted molar refractivity (Wildman–Crippen MR) is 112 cm³/mol. The number of nitrogens with zero attached hydrogens (tertiary/aromatic N) is 1. The van der Waals surface area contributed by atoms with Crippen molar-refractivity contribution in [1.29, 1.82) is 0 Å². The van der Waals surface area contributed by atoms with Crippen molar-refractivity contribution in [3.8, 4) is 5.75 Å². The zero-order chi connectivity index (χ0) is 24.9. The highest BCUT2D eigenvalue weighted by atomic mass is 35.5. The molecule has 1 amide bonds. The molecule has 1 unspecified atom stereocenters. The Kier molecular flexibility index (Phi) is 6.43. The molecule has 0 saturated heterocycles. The SMILES string of the molecule is CC(C)CC1(C(C)C)Oc2ccc(Cl)cc2C(=O)N1c1cc(C(F)(F)F)cc(C(F)(F)F)c1. The molecule has 3 nitrogen and oxygen atoms in total. The number of hydrogen-bond donors (Lipinski definition) is 0. The van der Waals surface area contributed by atoms with Gasteiger partial charge in [0.15, 0.2) is 5.72 Å². The first-order chi connectivity index (χ1) is 15.1. The van der Waals surface area contributed by atoms with Crippen LogP contribution in [0, 0.1) is 11.8 Å². The molecule has 0 N–H and O–H groups in total. The fourth-order valence-corrected chi connectivity index (χ4v) is 4.19. The Morgan fingerprint density at radius 2 is 1.48 bits per heavy atom. The highest BCUT2D eigenvalue weighted by Gasteiger charge is 2.51. The number of hydrogen-bond acceptors (Lipinski definition) is 2. The maximum Gasteiger partial charge on any atom is 0.416 e. The number of ether oxygens (including phenoxy) is 1. The number of anilines is 1. The first-order valence-corrected chi connectivity index (χ1v) is 10.6. The molecule has 10 heteroatoms. The van der Waals surface area contributed by atoms with E-state index in [0.29, 0.717) is 12.1 Å². The molecule has 180 valence electrons. The number of benzene rings is 2. The molecule has 1 aliphatic rings. The Labute approximate surface area is 192 Å². The summed E-state index contributed by atoms with van der Waals surface area (Å²) >= 11 is 6.00. The fourth-order valence-electron chi connectivity index (χ4n) is 4.02. The molecule has 1 aliphatic heterocycles. The van der Waals surface area contributed by atoms with Crippen molar-refractivity contribution in [2.45, 2.75) is 52.2 Å². The lowest BCUT2D eigenvalue weighted by atomic mass is 9.85. The standard InChI is InChI=1S/C23H22ClF6NO2/c1-12(2)11-21(13(3)4)31(20(32)18-10-16(24)5-6-19(18)33-21)17-8-14(22(25,26)27)7-15(9-17)23(28,29)30/h5-10,12-13H,11H2,1-4H3. The molecule has 1 heterocycles. The van der Waals surface area contributed by atoms with Gasteiger partial charge in [0, 0.05) is 23.0 Å². The van der Waals surface area contributed by atoms with Crippen LogP contribution in [-0.2, 0) is 12.4 Å². The third kappa shape index (κ3) is 4.78. The molecule has 33 heavy (non-hydrogen) atoms. The van der Waals surface area contributed by atoms with Crippen LogP contribution in [0.1, 0.15) is 55.6 Å². The van der Waals surface area contributed by atoms with Crippen LogP contribution in [0.3, 0.4) is 0 Å². The van der Waals surface area contributed by atoms with Gasteiger partial charge in [-0.25, -0.2) is 0 Å². The minimum atomic E-state index is -5.06. The van der Waals surface area contributed by atoms with E-state index in [1.165, 1.54) is 18.2 Å². The minimum absolute atomic E-state index is 0.0308. The van der Waals surface area contributed by atoms with Gasteiger partial charge in [-0.2, -0.15) is 26.3 Å². The van der Waals surface area contributed by atoms with Crippen molar-refractivity contribution in [3.05, 3.63) is 58.1 Å². The van der Waals surface area contributed by atoms with E-state index < -0.39 is 46.7 Å². The minimum Gasteiger partial charge on any atom is -0.466 e. The Hall–Kier alpha value is -2.42. The second kappa shape index (κ2) is 8.42. The van der Waals surface area contributed by atoms with E-state index in [4.69, 9.17) is 16.3 Å². The van der Waals surface area contributed by atoms with Crippen LogP contribution in [0.5, 0.6) is 5.75 Å². The Morgan fingerprint density at radius 1 is 0.939 bits per heavy atom. The van der Waals surface area contributed by atoms with Crippen LogP contribution >= 0.6 is 11.6 Å². The van der Waals surface area contributed by atoms with Crippen molar-refractivity contribution < 1.29 is 35.9 Å². The van der Waals surface area contributed by atoms with Crippen LogP contribution in [0.15, 0.2) is 36.4 Å². The fraction of sp³-hybridized carbons (Fsp3) is 0.435. The Morgan fingerprint density at radius 3 is 1.94 bits per heavy atom. The van der Waals surface area contributed by atoms with E-state index in [0.717, 1.165) is 4.90 Å². The molecule has 2 aromatic carbocycles. The molecule has 2 aromatic rings. The van der Waals surface area contributed by atoms with E-state index in [2.05, 4.69) is 0 Å². The molecule has 0 aliphatic carbocycles. The number of halogens is 7. The van der Waals surface area contributed by atoms with E-state index in [-0.39, 0.29) is 34.7 Å². The van der Waals surface area contributed by atoms with E-state index in [1.54, 1.807) is 13.8 Å². The van der Waals surface area contributed by atoms with E-state index >= 15 is 0 Å². The van der Waals surface area contributed by atoms with Crippen molar-refractivity contribution in [2.24, 2.45) is 11.8 Å². The Balaban J connectivity index is 2.36. The van der Waals surface area contributed by atoms with Gasteiger partial charge >= 0.3 is 12.4 Å². The van der Waals surface area contributed by atoms with Gasteiger partial charge in [0.1, 0.15) is 5.75 Å². The lowest BCUT2D eigenvalue weighted by molar-refractivity contribution is -0.143. The molecular formula is C23H22ClF6NO2. The van der Waals surface area contributed by atoms with Gasteiger partial charge in [0.25, 0.3) is 5.91 Å². The number of fused-ring (bicyclic) bond motifs is 1. The number of carbonyl (C=O) groups excluding carboxylic acids is 1. The number of rotatable bonds is 4. The maximum absolute atomic E-state index is 13.6. The largest absolute Gasteiger partial charge is 0.466 e. The summed E-state index contributed by atoms with van der Waals surface area (Å²) in [5.74, 6) is -1.22. The summed E-state index contributed by atoms with van der Waals surface area (Å²) in [6, 6.07) is 5.37. The zero-order valence-corrected chi connectivity index (χ0v) is 19.0. The lowest BCUT2D eigenvalue weighted by Crippen LogP contribution is -2.62. The second-order valence-electron chi connectivity index (χ2n) is 8.74. The summed E-state index contributed by atoms with van der Waals surface area (Å²) in [6.07, 6.45) is -9.96. The molecular weight excluding hydrogens is 472 g/mol. The molecule has 1 atom stereocenters. The van der Waals surface area contributed by atoms with Crippen LogP contribution in [0.25, 0.3) is 0 Å². The molecule has 0 radical (unpaired) electrons. The van der Waals surface area contributed by atoms with Gasteiger partial charge in [-0.1, -0.05) is 39.3 Å². The number of alkyl halides is 6. The van der Waals surface area contributed by atoms with Gasteiger partial charge < -0.3 is 4.74 Å². The lowest BCUT2D eigenvalue weighted by Gasteiger charge is -2.50. The normalized spacial score (nSPS) is 19.2. The van der Waals surface area contributed by atoms with Gasteiger partial charge in [-0.3, -0.25) is 9.69 Å². The van der Waals surface area contributed by atoms with Crippen molar-refractivity contribution in [1.82, 2.24) is 0 Å². The number of carbonyl (C=O) groups is 1. The van der Waals surface area contributed by atoms with Crippen LogP contribution in [-0.4, -0.2) is 11.6 Å². The maximum atomic E-state index is 13.6. The quantitative estimate of drug-likeness (QED) is 0.406. The van der Waals surface area contributed by atoms with Crippen LogP contribution in [0.4, 0.5) is 32.0 Å². The van der Waals surface area contributed by atoms with Crippen molar-refractivity contribution in [2.75, 3.05) is 4.90 Å². The topological polar surface area (TPSA) is 29.5 Å². The predicted octanol–water partition coefficient (Wildman–Crippen LogP) is 7.82. The summed E-state index contributed by atoms with van der Waals surface area (Å²) in [5.41, 5.74) is -5.16. The molecule has 0 spiro atoms. The summed E-state index contributed by atoms with van der Waals surface area (Å²) in [7, 11) is 0. The second-order valence-corrected chi connectivity index (χ2v) is 9.18. The van der Waals surface area contributed by atoms with Crippen LogP contribution in [0.2, 0.25) is 5.02 Å². The van der Waals surface area contributed by atoms with Gasteiger partial charge in [-0.05, 0) is 42.3 Å². The third-order valence-corrected chi connectivity index (χ3v) is 5.71. The molecule has 0 saturated carbocycles. The average Bonchev–Trinajstić information content (AvgIpc) is 2.66. The van der Waals surface area contributed by atoms with Crippen LogP contribution < -0.4 is 9.64 Å². The summed E-state index contributed by atoms with van der Waals surface area (Å²) in [5, 5.41) is 0.173. The highest BCUT2D eigenvalue weighted by Crippen LogP contribution is 2.47. The Bertz CT molecular complexity index is 1030. The molecule has 0 fully saturated rings. The highest BCUT2D eigenvalue weighted by molar-refractivity contribution is 6.31. The molecule has 0 aromatic heterocycles. The average molecular weight is 494 g/mol. The van der Waals surface area contributed by atoms with Gasteiger partial charge in [-0.15, -0.1) is 0 Å². The first kappa shape index (κ1) is 25.2. The van der Waals surface area contributed by atoms with Crippen molar-refractivity contribution >= 4 is 23.2 Å². The van der Waals surface area contributed by atoms with Crippen molar-refractivity contribution in [3.63, 3.8) is 0 Å². The van der Waals surface area contributed by atoms with E-state index in [9.17, 15) is 31.1 Å². The van der Waals surface area contributed by atoms with Gasteiger partial charge in [0.05, 0.1) is 16.7 Å². The number of amides is 1. The monoisotopic (exact) mass is 493 g/mol. The molecule has 3 rings (SSSR count).